The van der Waals surface area contributed by atoms with Crippen LogP contribution in [0, 0.1) is 11.3 Å². The molecule has 1 rings (SSSR count). The number of nitrogens with zero attached hydrogens (tertiary/aromatic N) is 1. The van der Waals surface area contributed by atoms with Gasteiger partial charge in [-0.2, -0.15) is 5.26 Å². The van der Waals surface area contributed by atoms with Crippen molar-refractivity contribution in [2.45, 2.75) is 0 Å². The fourth-order valence-electron chi connectivity index (χ4n) is 0.462. The highest BCUT2D eigenvalue weighted by molar-refractivity contribution is 8.25. The molecule has 1 fully saturated rings. The summed E-state index contributed by atoms with van der Waals surface area (Å²) < 4.78 is 1.17. The van der Waals surface area contributed by atoms with Gasteiger partial charge in [-0.3, -0.25) is 0 Å². The lowest BCUT2D eigenvalue weighted by atomic mass is 10.7. The van der Waals surface area contributed by atoms with E-state index in [0.29, 0.717) is 0 Å². The first-order valence-corrected chi connectivity index (χ1v) is 4.26. The van der Waals surface area contributed by atoms with Gasteiger partial charge in [0.1, 0.15) is 0 Å². The van der Waals surface area contributed by atoms with E-state index in [9.17, 15) is 0 Å². The van der Waals surface area contributed by atoms with Crippen LogP contribution in [0.4, 0.5) is 0 Å². The van der Waals surface area contributed by atoms with Gasteiger partial charge >= 0.3 is 0 Å². The van der Waals surface area contributed by atoms with Crippen molar-refractivity contribution < 1.29 is 0 Å². The maximum absolute atomic E-state index is 8.17. The highest BCUT2D eigenvalue weighted by Crippen LogP contribution is 2.35. The molecule has 0 spiro atoms. The first kappa shape index (κ1) is 6.06. The van der Waals surface area contributed by atoms with Crippen LogP contribution >= 0.6 is 23.5 Å². The summed E-state index contributed by atoms with van der Waals surface area (Å²) in [5, 5.41) is 8.17. The van der Waals surface area contributed by atoms with Crippen molar-refractivity contribution in [3.8, 4) is 6.07 Å². The van der Waals surface area contributed by atoms with Crippen LogP contribution in [0.25, 0.3) is 0 Å². The molecule has 0 unspecified atom stereocenters. The summed E-state index contributed by atoms with van der Waals surface area (Å²) >= 11 is 3.54. The molecule has 42 valence electrons. The summed E-state index contributed by atoms with van der Waals surface area (Å²) in [7, 11) is 0. The average Bonchev–Trinajstić information content (AvgIpc) is 2.19. The summed E-state index contributed by atoms with van der Waals surface area (Å²) in [6.45, 7) is 0. The molecule has 0 radical (unpaired) electrons. The minimum Gasteiger partial charge on any atom is -0.193 e. The largest absolute Gasteiger partial charge is 0.193 e. The molecule has 0 aromatic rings. The third-order valence-corrected chi connectivity index (χ3v) is 3.34. The van der Waals surface area contributed by atoms with Crippen molar-refractivity contribution in [1.82, 2.24) is 0 Å². The van der Waals surface area contributed by atoms with Gasteiger partial charge in [0.25, 0.3) is 0 Å². The maximum Gasteiger partial charge on any atom is 0.0929 e. The van der Waals surface area contributed by atoms with Crippen LogP contribution in [0.15, 0.2) is 10.3 Å². The zero-order valence-corrected chi connectivity index (χ0v) is 5.89. The number of rotatable bonds is 0. The predicted molar refractivity (Wildman–Crippen MR) is 38.6 cm³/mol. The van der Waals surface area contributed by atoms with Gasteiger partial charge in [0.2, 0.25) is 0 Å². The fraction of sp³-hybridized carbons (Fsp3) is 0.400. The fourth-order valence-corrected chi connectivity index (χ4v) is 2.64. The maximum atomic E-state index is 8.17. The van der Waals surface area contributed by atoms with Gasteiger partial charge in [-0.25, -0.2) is 0 Å². The first-order valence-electron chi connectivity index (χ1n) is 2.29. The van der Waals surface area contributed by atoms with Gasteiger partial charge in [0.05, 0.1) is 10.3 Å². The molecule has 1 heterocycles. The molecule has 1 aliphatic heterocycles. The summed E-state index contributed by atoms with van der Waals surface area (Å²) in [5.41, 5.74) is 0. The van der Waals surface area contributed by atoms with Crippen LogP contribution in [0.3, 0.4) is 0 Å². The summed E-state index contributed by atoms with van der Waals surface area (Å²) in [6.07, 6.45) is 1.61. The van der Waals surface area contributed by atoms with E-state index in [1.807, 2.05) is 6.07 Å². The Morgan fingerprint density at radius 2 is 2.12 bits per heavy atom. The third-order valence-electron chi connectivity index (χ3n) is 0.754. The van der Waals surface area contributed by atoms with E-state index in [1.54, 1.807) is 29.6 Å². The van der Waals surface area contributed by atoms with E-state index in [0.717, 1.165) is 11.5 Å². The predicted octanol–water partition coefficient (Wildman–Crippen LogP) is 1.83. The second-order valence-corrected chi connectivity index (χ2v) is 3.82. The zero-order chi connectivity index (χ0) is 5.82. The molecule has 0 saturated carbocycles. The van der Waals surface area contributed by atoms with Gasteiger partial charge in [0.15, 0.2) is 0 Å². The molecule has 1 saturated heterocycles. The van der Waals surface area contributed by atoms with E-state index >= 15 is 0 Å². The van der Waals surface area contributed by atoms with E-state index in [2.05, 4.69) is 0 Å². The molecular formula is C5H5NS2. The van der Waals surface area contributed by atoms with Crippen molar-refractivity contribution in [2.24, 2.45) is 0 Å². The molecule has 0 aromatic heterocycles. The Labute approximate surface area is 57.1 Å². The van der Waals surface area contributed by atoms with Gasteiger partial charge in [-0.05, 0) is 0 Å². The van der Waals surface area contributed by atoms with E-state index < -0.39 is 0 Å². The van der Waals surface area contributed by atoms with E-state index in [-0.39, 0.29) is 0 Å². The SMILES string of the molecule is N#CC=C1SCCS1. The normalized spacial score (nSPS) is 18.1. The molecular weight excluding hydrogens is 138 g/mol. The Morgan fingerprint density at radius 1 is 1.50 bits per heavy atom. The summed E-state index contributed by atoms with van der Waals surface area (Å²) in [4.78, 5) is 0. The molecule has 1 nitrogen and oxygen atoms in total. The Hall–Kier alpha value is -0.0700. The second kappa shape index (κ2) is 3.06. The number of allylic oxidation sites excluding steroid dienone is 1. The molecule has 0 N–H and O–H groups in total. The van der Waals surface area contributed by atoms with Gasteiger partial charge in [-0.1, -0.05) is 0 Å². The molecule has 0 amide bonds. The smallest absolute Gasteiger partial charge is 0.0929 e. The van der Waals surface area contributed by atoms with Crippen molar-refractivity contribution >= 4 is 23.5 Å². The standard InChI is InChI=1S/C5H5NS2/c6-2-1-5-7-3-4-8-5/h1H,3-4H2. The Morgan fingerprint density at radius 3 is 2.62 bits per heavy atom. The van der Waals surface area contributed by atoms with Gasteiger partial charge in [0, 0.05) is 17.6 Å². The Kier molecular flexibility index (Phi) is 2.31. The van der Waals surface area contributed by atoms with Crippen LogP contribution in [0.2, 0.25) is 0 Å². The highest BCUT2D eigenvalue weighted by Gasteiger charge is 2.05. The summed E-state index contributed by atoms with van der Waals surface area (Å²) in [5.74, 6) is 2.33. The monoisotopic (exact) mass is 143 g/mol. The van der Waals surface area contributed by atoms with Crippen molar-refractivity contribution in [2.75, 3.05) is 11.5 Å². The molecule has 1 aliphatic rings. The number of nitriles is 1. The third kappa shape index (κ3) is 1.46. The number of hydrogen-bond acceptors (Lipinski definition) is 3. The zero-order valence-electron chi connectivity index (χ0n) is 4.26. The van der Waals surface area contributed by atoms with Crippen LogP contribution in [-0.4, -0.2) is 11.5 Å². The number of hydrogen-bond donors (Lipinski definition) is 0. The van der Waals surface area contributed by atoms with E-state index in [1.165, 1.54) is 4.24 Å². The average molecular weight is 143 g/mol. The van der Waals surface area contributed by atoms with Crippen molar-refractivity contribution in [3.63, 3.8) is 0 Å². The molecule has 0 bridgehead atoms. The van der Waals surface area contributed by atoms with Gasteiger partial charge in [-0.15, -0.1) is 23.5 Å². The Bertz CT molecular complexity index is 137. The lowest BCUT2D eigenvalue weighted by Crippen LogP contribution is -1.64. The highest BCUT2D eigenvalue weighted by atomic mass is 32.2. The van der Waals surface area contributed by atoms with Crippen LogP contribution < -0.4 is 0 Å². The minimum absolute atomic E-state index is 1.16. The van der Waals surface area contributed by atoms with Crippen LogP contribution in [-0.2, 0) is 0 Å². The quantitative estimate of drug-likeness (QED) is 0.483. The lowest BCUT2D eigenvalue weighted by Gasteiger charge is -1.82. The van der Waals surface area contributed by atoms with Crippen LogP contribution in [0.5, 0.6) is 0 Å². The van der Waals surface area contributed by atoms with E-state index in [4.69, 9.17) is 5.26 Å². The van der Waals surface area contributed by atoms with Crippen molar-refractivity contribution in [1.29, 1.82) is 5.26 Å². The Balaban J connectivity index is 2.48. The molecule has 0 aliphatic carbocycles. The molecule has 0 aromatic carbocycles. The molecule has 8 heavy (non-hydrogen) atoms. The molecule has 3 heteroatoms. The second-order valence-electron chi connectivity index (χ2n) is 1.29. The van der Waals surface area contributed by atoms with Crippen molar-refractivity contribution in [3.05, 3.63) is 10.3 Å². The van der Waals surface area contributed by atoms with Crippen LogP contribution in [0.1, 0.15) is 0 Å². The molecule has 0 atom stereocenters. The lowest BCUT2D eigenvalue weighted by molar-refractivity contribution is 1.54. The van der Waals surface area contributed by atoms with Gasteiger partial charge < -0.3 is 0 Å². The summed E-state index contributed by atoms with van der Waals surface area (Å²) in [6, 6.07) is 2.01. The minimum atomic E-state index is 1.16. The topological polar surface area (TPSA) is 23.8 Å². The number of thioether (sulfide) groups is 2. The first-order chi connectivity index (χ1) is 3.93.